The first-order valence-corrected chi connectivity index (χ1v) is 9.01. The molecule has 3 N–H and O–H groups in total. The van der Waals surface area contributed by atoms with Gasteiger partial charge in [-0.3, -0.25) is 10.1 Å². The van der Waals surface area contributed by atoms with Crippen molar-refractivity contribution in [3.05, 3.63) is 23.8 Å². The highest BCUT2D eigenvalue weighted by molar-refractivity contribution is 8.01. The number of nitrogens with one attached hydrogen (secondary N) is 3. The average Bonchev–Trinajstić information content (AvgIpc) is 3.20. The first kappa shape index (κ1) is 15.1. The third-order valence-electron chi connectivity index (χ3n) is 4.60. The molecule has 1 amide bonds. The summed E-state index contributed by atoms with van der Waals surface area (Å²) in [6.07, 6.45) is 2.15. The van der Waals surface area contributed by atoms with Crippen molar-refractivity contribution in [2.24, 2.45) is 0 Å². The number of hydrogen-bond acceptors (Lipinski definition) is 6. The van der Waals surface area contributed by atoms with Crippen molar-refractivity contribution in [1.82, 2.24) is 16.0 Å². The van der Waals surface area contributed by atoms with Crippen LogP contribution in [0.5, 0.6) is 11.5 Å². The second-order valence-electron chi connectivity index (χ2n) is 6.16. The maximum Gasteiger partial charge on any atom is 0.238 e. The molecule has 7 heteroatoms. The van der Waals surface area contributed by atoms with Gasteiger partial charge in [-0.1, -0.05) is 6.07 Å². The monoisotopic (exact) mass is 335 g/mol. The standard InChI is InChI=1S/C16H21N3O3S/c20-15(12-9-23-16(19-12)3-5-17-6-4-16)18-8-11-1-2-13-14(7-11)22-10-21-13/h1-2,7,12,17,19H,3-6,8-10H2,(H,18,20)/t12-/m0/s1. The molecule has 1 spiro atoms. The van der Waals surface area contributed by atoms with Crippen LogP contribution in [0.15, 0.2) is 18.2 Å². The molecule has 1 atom stereocenters. The van der Waals surface area contributed by atoms with E-state index in [1.807, 2.05) is 30.0 Å². The van der Waals surface area contributed by atoms with E-state index < -0.39 is 0 Å². The molecule has 2 saturated heterocycles. The minimum absolute atomic E-state index is 0.0746. The highest BCUT2D eigenvalue weighted by Gasteiger charge is 2.42. The number of carbonyl (C=O) groups is 1. The molecule has 3 aliphatic rings. The van der Waals surface area contributed by atoms with Gasteiger partial charge in [-0.15, -0.1) is 11.8 Å². The van der Waals surface area contributed by atoms with E-state index >= 15 is 0 Å². The van der Waals surface area contributed by atoms with E-state index in [2.05, 4.69) is 16.0 Å². The molecule has 3 aliphatic heterocycles. The van der Waals surface area contributed by atoms with Crippen molar-refractivity contribution in [3.63, 3.8) is 0 Å². The van der Waals surface area contributed by atoms with Crippen LogP contribution in [0.1, 0.15) is 18.4 Å². The van der Waals surface area contributed by atoms with Crippen LogP contribution in [0.25, 0.3) is 0 Å². The van der Waals surface area contributed by atoms with E-state index in [1.165, 1.54) is 0 Å². The Kier molecular flexibility index (Phi) is 4.09. The molecule has 0 radical (unpaired) electrons. The third-order valence-corrected chi connectivity index (χ3v) is 6.17. The van der Waals surface area contributed by atoms with Gasteiger partial charge in [0.05, 0.1) is 10.9 Å². The highest BCUT2D eigenvalue weighted by Crippen LogP contribution is 2.37. The second-order valence-corrected chi connectivity index (χ2v) is 7.56. The molecule has 124 valence electrons. The van der Waals surface area contributed by atoms with E-state index in [0.717, 1.165) is 48.7 Å². The Morgan fingerprint density at radius 2 is 2.13 bits per heavy atom. The molecule has 0 aromatic heterocycles. The Labute approximate surface area is 139 Å². The smallest absolute Gasteiger partial charge is 0.238 e. The van der Waals surface area contributed by atoms with Gasteiger partial charge >= 0.3 is 0 Å². The van der Waals surface area contributed by atoms with Gasteiger partial charge in [0, 0.05) is 12.3 Å². The fourth-order valence-corrected chi connectivity index (χ4v) is 4.71. The van der Waals surface area contributed by atoms with Gasteiger partial charge in [0.25, 0.3) is 0 Å². The zero-order chi connectivity index (χ0) is 15.7. The molecular formula is C16H21N3O3S. The lowest BCUT2D eigenvalue weighted by molar-refractivity contribution is -0.122. The van der Waals surface area contributed by atoms with Crippen LogP contribution in [0.4, 0.5) is 0 Å². The van der Waals surface area contributed by atoms with Crippen molar-refractivity contribution >= 4 is 17.7 Å². The second kappa shape index (κ2) is 6.22. The molecule has 3 heterocycles. The number of amides is 1. The summed E-state index contributed by atoms with van der Waals surface area (Å²) in [5.41, 5.74) is 1.02. The largest absolute Gasteiger partial charge is 0.454 e. The summed E-state index contributed by atoms with van der Waals surface area (Å²) in [6, 6.07) is 5.66. The zero-order valence-corrected chi connectivity index (χ0v) is 13.7. The van der Waals surface area contributed by atoms with Crippen molar-refractivity contribution in [3.8, 4) is 11.5 Å². The van der Waals surface area contributed by atoms with Crippen LogP contribution in [0, 0.1) is 0 Å². The Balaban J connectivity index is 1.32. The normalized spacial score (nSPS) is 24.8. The van der Waals surface area contributed by atoms with E-state index in [1.54, 1.807) is 0 Å². The van der Waals surface area contributed by atoms with Crippen molar-refractivity contribution in [1.29, 1.82) is 0 Å². The van der Waals surface area contributed by atoms with Crippen LogP contribution in [0.3, 0.4) is 0 Å². The number of benzene rings is 1. The van der Waals surface area contributed by atoms with Gasteiger partial charge in [0.15, 0.2) is 11.5 Å². The topological polar surface area (TPSA) is 71.6 Å². The zero-order valence-electron chi connectivity index (χ0n) is 12.9. The fourth-order valence-electron chi connectivity index (χ4n) is 3.27. The molecule has 0 unspecified atom stereocenters. The molecule has 23 heavy (non-hydrogen) atoms. The summed E-state index contributed by atoms with van der Waals surface area (Å²) in [5, 5.41) is 9.95. The molecule has 6 nitrogen and oxygen atoms in total. The molecule has 1 aromatic rings. The minimum Gasteiger partial charge on any atom is -0.454 e. The highest BCUT2D eigenvalue weighted by atomic mass is 32.2. The maximum absolute atomic E-state index is 12.4. The van der Waals surface area contributed by atoms with Crippen LogP contribution in [0.2, 0.25) is 0 Å². The van der Waals surface area contributed by atoms with Crippen molar-refractivity contribution in [2.75, 3.05) is 25.6 Å². The SMILES string of the molecule is O=C(NCc1ccc2c(c1)OCO2)[C@@H]1CSC2(CCNCC2)N1. The minimum atomic E-state index is -0.105. The number of piperidine rings is 1. The lowest BCUT2D eigenvalue weighted by Gasteiger charge is -2.33. The van der Waals surface area contributed by atoms with E-state index in [-0.39, 0.29) is 23.6 Å². The predicted molar refractivity (Wildman–Crippen MR) is 88.6 cm³/mol. The summed E-state index contributed by atoms with van der Waals surface area (Å²) in [6.45, 7) is 2.81. The Morgan fingerprint density at radius 3 is 3.00 bits per heavy atom. The number of ether oxygens (including phenoxy) is 2. The number of thioether (sulfide) groups is 1. The van der Waals surface area contributed by atoms with E-state index in [0.29, 0.717) is 6.54 Å². The molecule has 2 fully saturated rings. The average molecular weight is 335 g/mol. The van der Waals surface area contributed by atoms with Gasteiger partial charge < -0.3 is 20.1 Å². The summed E-state index contributed by atoms with van der Waals surface area (Å²) in [4.78, 5) is 12.5. The molecule has 0 aliphatic carbocycles. The van der Waals surface area contributed by atoms with Gasteiger partial charge in [-0.25, -0.2) is 0 Å². The van der Waals surface area contributed by atoms with Gasteiger partial charge in [-0.2, -0.15) is 0 Å². The Bertz CT molecular complexity index is 604. The van der Waals surface area contributed by atoms with Gasteiger partial charge in [-0.05, 0) is 43.6 Å². The lowest BCUT2D eigenvalue weighted by Crippen LogP contribution is -2.52. The van der Waals surface area contributed by atoms with E-state index in [9.17, 15) is 4.79 Å². The predicted octanol–water partition coefficient (Wildman–Crippen LogP) is 0.816. The first-order chi connectivity index (χ1) is 11.2. The summed E-state index contributed by atoms with van der Waals surface area (Å²) in [7, 11) is 0. The Morgan fingerprint density at radius 1 is 1.30 bits per heavy atom. The lowest BCUT2D eigenvalue weighted by atomic mass is 10.0. The van der Waals surface area contributed by atoms with Crippen LogP contribution < -0.4 is 25.4 Å². The summed E-state index contributed by atoms with van der Waals surface area (Å²) >= 11 is 1.89. The third kappa shape index (κ3) is 3.13. The van der Waals surface area contributed by atoms with Gasteiger partial charge in [0.2, 0.25) is 12.7 Å². The number of carbonyl (C=O) groups excluding carboxylic acids is 1. The van der Waals surface area contributed by atoms with Gasteiger partial charge in [0.1, 0.15) is 0 Å². The summed E-state index contributed by atoms with van der Waals surface area (Å²) < 4.78 is 10.7. The molecule has 0 saturated carbocycles. The quantitative estimate of drug-likeness (QED) is 0.760. The molecule has 0 bridgehead atoms. The van der Waals surface area contributed by atoms with Crippen LogP contribution in [-0.4, -0.2) is 42.5 Å². The van der Waals surface area contributed by atoms with Crippen molar-refractivity contribution < 1.29 is 14.3 Å². The van der Waals surface area contributed by atoms with Crippen LogP contribution in [-0.2, 0) is 11.3 Å². The maximum atomic E-state index is 12.4. The van der Waals surface area contributed by atoms with E-state index in [4.69, 9.17) is 9.47 Å². The number of rotatable bonds is 3. The fraction of sp³-hybridized carbons (Fsp3) is 0.562. The van der Waals surface area contributed by atoms with Crippen LogP contribution >= 0.6 is 11.8 Å². The molecule has 1 aromatic carbocycles. The Hall–Kier alpha value is -1.44. The number of hydrogen-bond donors (Lipinski definition) is 3. The number of fused-ring (bicyclic) bond motifs is 1. The molecule has 4 rings (SSSR count). The first-order valence-electron chi connectivity index (χ1n) is 8.03. The van der Waals surface area contributed by atoms with Crippen molar-refractivity contribution in [2.45, 2.75) is 30.3 Å². The summed E-state index contributed by atoms with van der Waals surface area (Å²) in [5.74, 6) is 2.43. The molecular weight excluding hydrogens is 314 g/mol.